The van der Waals surface area contributed by atoms with Crippen LogP contribution < -0.4 is 0 Å². The molecule has 0 amide bonds. The largest absolute Gasteiger partial charge is 0.481 e. The van der Waals surface area contributed by atoms with Gasteiger partial charge in [-0.25, -0.2) is 0 Å². The highest BCUT2D eigenvalue weighted by Gasteiger charge is 1.86. The SMILES string of the molecule is CC(C)=CCC/C(C)=C\CO.CCC(=O)O. The van der Waals surface area contributed by atoms with E-state index in [4.69, 9.17) is 10.2 Å². The maximum atomic E-state index is 9.37. The molecule has 0 unspecified atom stereocenters. The Morgan fingerprint density at radius 3 is 2.00 bits per heavy atom. The summed E-state index contributed by atoms with van der Waals surface area (Å²) in [7, 11) is 0. The molecule has 16 heavy (non-hydrogen) atoms. The number of allylic oxidation sites excluding steroid dienone is 3. The van der Waals surface area contributed by atoms with Gasteiger partial charge in [-0.2, -0.15) is 0 Å². The molecule has 0 aromatic heterocycles. The lowest BCUT2D eigenvalue weighted by Crippen LogP contribution is -1.86. The van der Waals surface area contributed by atoms with E-state index in [1.165, 1.54) is 11.1 Å². The molecule has 0 heterocycles. The second-order valence-electron chi connectivity index (χ2n) is 3.80. The summed E-state index contributed by atoms with van der Waals surface area (Å²) in [6, 6.07) is 0. The van der Waals surface area contributed by atoms with Gasteiger partial charge in [0.15, 0.2) is 0 Å². The summed E-state index contributed by atoms with van der Waals surface area (Å²) in [6.07, 6.45) is 6.45. The Balaban J connectivity index is 0. The first-order valence-electron chi connectivity index (χ1n) is 5.55. The van der Waals surface area contributed by atoms with Crippen molar-refractivity contribution in [3.63, 3.8) is 0 Å². The van der Waals surface area contributed by atoms with Crippen molar-refractivity contribution < 1.29 is 15.0 Å². The van der Waals surface area contributed by atoms with Crippen LogP contribution in [0.25, 0.3) is 0 Å². The topological polar surface area (TPSA) is 57.5 Å². The van der Waals surface area contributed by atoms with Crippen molar-refractivity contribution in [2.75, 3.05) is 6.61 Å². The van der Waals surface area contributed by atoms with Gasteiger partial charge >= 0.3 is 5.97 Å². The van der Waals surface area contributed by atoms with Crippen LogP contribution in [0.4, 0.5) is 0 Å². The third-order valence-corrected chi connectivity index (χ3v) is 1.83. The number of aliphatic carboxylic acids is 1. The van der Waals surface area contributed by atoms with Crippen LogP contribution in [-0.4, -0.2) is 22.8 Å². The highest BCUT2D eigenvalue weighted by atomic mass is 16.4. The van der Waals surface area contributed by atoms with Gasteiger partial charge in [0.25, 0.3) is 0 Å². The number of carboxylic acids is 1. The molecule has 0 saturated heterocycles. The van der Waals surface area contributed by atoms with E-state index in [9.17, 15) is 4.79 Å². The summed E-state index contributed by atoms with van der Waals surface area (Å²) < 4.78 is 0. The molecule has 0 bridgehead atoms. The van der Waals surface area contributed by atoms with Crippen LogP contribution in [0.1, 0.15) is 47.0 Å². The molecule has 3 heteroatoms. The molecule has 0 spiro atoms. The van der Waals surface area contributed by atoms with Gasteiger partial charge in [0.05, 0.1) is 6.61 Å². The molecule has 2 N–H and O–H groups in total. The second kappa shape index (κ2) is 12.0. The van der Waals surface area contributed by atoms with Gasteiger partial charge in [-0.15, -0.1) is 0 Å². The van der Waals surface area contributed by atoms with Crippen molar-refractivity contribution in [1.82, 2.24) is 0 Å². The van der Waals surface area contributed by atoms with Gasteiger partial charge in [-0.1, -0.05) is 30.2 Å². The Morgan fingerprint density at radius 1 is 1.19 bits per heavy atom. The quantitative estimate of drug-likeness (QED) is 0.711. The highest BCUT2D eigenvalue weighted by molar-refractivity contribution is 5.66. The Labute approximate surface area is 98.5 Å². The van der Waals surface area contributed by atoms with E-state index >= 15 is 0 Å². The molecule has 0 atom stereocenters. The van der Waals surface area contributed by atoms with Gasteiger partial charge in [-0.3, -0.25) is 4.79 Å². The molecule has 0 radical (unpaired) electrons. The van der Waals surface area contributed by atoms with Crippen LogP contribution in [0, 0.1) is 0 Å². The molecule has 3 nitrogen and oxygen atoms in total. The minimum Gasteiger partial charge on any atom is -0.481 e. The van der Waals surface area contributed by atoms with Crippen molar-refractivity contribution in [2.24, 2.45) is 0 Å². The van der Waals surface area contributed by atoms with E-state index in [2.05, 4.69) is 26.8 Å². The van der Waals surface area contributed by atoms with Gasteiger partial charge in [0.2, 0.25) is 0 Å². The predicted molar refractivity (Wildman–Crippen MR) is 67.4 cm³/mol. The number of carboxylic acid groups (broad SMARTS) is 1. The van der Waals surface area contributed by atoms with Gasteiger partial charge in [0, 0.05) is 6.42 Å². The minimum absolute atomic E-state index is 0.167. The summed E-state index contributed by atoms with van der Waals surface area (Å²) in [6.45, 7) is 8.02. The normalized spacial score (nSPS) is 10.2. The van der Waals surface area contributed by atoms with Crippen molar-refractivity contribution in [1.29, 1.82) is 0 Å². The fourth-order valence-electron chi connectivity index (χ4n) is 0.846. The third-order valence-electron chi connectivity index (χ3n) is 1.83. The number of aliphatic hydroxyl groups excluding tert-OH is 1. The van der Waals surface area contributed by atoms with Crippen LogP contribution in [0.3, 0.4) is 0 Å². The fraction of sp³-hybridized carbons (Fsp3) is 0.615. The molecule has 0 rings (SSSR count). The smallest absolute Gasteiger partial charge is 0.303 e. The molecule has 0 saturated carbocycles. The number of aliphatic hydroxyl groups is 1. The Hall–Kier alpha value is -1.09. The molecule has 94 valence electrons. The maximum absolute atomic E-state index is 9.37. The minimum atomic E-state index is -0.745. The Morgan fingerprint density at radius 2 is 1.69 bits per heavy atom. The number of carbonyl (C=O) groups is 1. The monoisotopic (exact) mass is 228 g/mol. The highest BCUT2D eigenvalue weighted by Crippen LogP contribution is 2.05. The van der Waals surface area contributed by atoms with E-state index in [1.807, 2.05) is 6.08 Å². The zero-order valence-electron chi connectivity index (χ0n) is 10.8. The maximum Gasteiger partial charge on any atom is 0.303 e. The molecule has 0 aromatic rings. The van der Waals surface area contributed by atoms with Gasteiger partial charge in [0.1, 0.15) is 0 Å². The Kier molecular flexibility index (Phi) is 13.0. The van der Waals surface area contributed by atoms with Gasteiger partial charge in [-0.05, 0) is 33.6 Å². The molecule has 0 aliphatic rings. The van der Waals surface area contributed by atoms with Crippen LogP contribution in [-0.2, 0) is 4.79 Å². The number of hydrogen-bond donors (Lipinski definition) is 2. The second-order valence-corrected chi connectivity index (χ2v) is 3.80. The van der Waals surface area contributed by atoms with Crippen molar-refractivity contribution in [2.45, 2.75) is 47.0 Å². The first kappa shape index (κ1) is 17.3. The summed E-state index contributed by atoms with van der Waals surface area (Å²) in [5, 5.41) is 16.3. The fourth-order valence-corrected chi connectivity index (χ4v) is 0.846. The zero-order valence-corrected chi connectivity index (χ0v) is 10.8. The Bertz CT molecular complexity index is 236. The summed E-state index contributed by atoms with van der Waals surface area (Å²) in [5.74, 6) is -0.745. The van der Waals surface area contributed by atoms with Crippen molar-refractivity contribution in [3.8, 4) is 0 Å². The average Bonchev–Trinajstić information content (AvgIpc) is 2.18. The molecular weight excluding hydrogens is 204 g/mol. The molecule has 0 aliphatic carbocycles. The van der Waals surface area contributed by atoms with Crippen molar-refractivity contribution in [3.05, 3.63) is 23.3 Å². The molecule has 0 aromatic carbocycles. The lowest BCUT2D eigenvalue weighted by molar-refractivity contribution is -0.136. The van der Waals surface area contributed by atoms with E-state index in [-0.39, 0.29) is 13.0 Å². The number of hydrogen-bond acceptors (Lipinski definition) is 2. The van der Waals surface area contributed by atoms with E-state index in [0.29, 0.717) is 0 Å². The van der Waals surface area contributed by atoms with Crippen LogP contribution in [0.5, 0.6) is 0 Å². The van der Waals surface area contributed by atoms with Crippen LogP contribution >= 0.6 is 0 Å². The first-order chi connectivity index (χ1) is 7.43. The van der Waals surface area contributed by atoms with E-state index in [1.54, 1.807) is 6.92 Å². The molecule has 0 aliphatic heterocycles. The van der Waals surface area contributed by atoms with Crippen LogP contribution in [0.15, 0.2) is 23.3 Å². The first-order valence-corrected chi connectivity index (χ1v) is 5.55. The summed E-state index contributed by atoms with van der Waals surface area (Å²) in [5.41, 5.74) is 2.63. The van der Waals surface area contributed by atoms with Gasteiger partial charge < -0.3 is 10.2 Å². The lowest BCUT2D eigenvalue weighted by atomic mass is 10.1. The summed E-state index contributed by atoms with van der Waals surface area (Å²) in [4.78, 5) is 9.37. The molecular formula is C13H24O3. The van der Waals surface area contributed by atoms with Crippen LogP contribution in [0.2, 0.25) is 0 Å². The predicted octanol–water partition coefficient (Wildman–Crippen LogP) is 3.15. The summed E-state index contributed by atoms with van der Waals surface area (Å²) >= 11 is 0. The van der Waals surface area contributed by atoms with E-state index < -0.39 is 5.97 Å². The molecule has 0 fully saturated rings. The standard InChI is InChI=1S/C10H18O.C3H6O2/c1-9(2)5-4-6-10(3)7-8-11;1-2-3(4)5/h5,7,11H,4,6,8H2,1-3H3;2H2,1H3,(H,4,5)/b10-7-;. The average molecular weight is 228 g/mol. The van der Waals surface area contributed by atoms with E-state index in [0.717, 1.165) is 12.8 Å². The zero-order chi connectivity index (χ0) is 13.0. The van der Waals surface area contributed by atoms with Crippen molar-refractivity contribution >= 4 is 5.97 Å². The third kappa shape index (κ3) is 18.6. The lowest BCUT2D eigenvalue weighted by Gasteiger charge is -1.96. The number of rotatable bonds is 5.